The van der Waals surface area contributed by atoms with Crippen LogP contribution in [0.2, 0.25) is 0 Å². The van der Waals surface area contributed by atoms with E-state index < -0.39 is 5.97 Å². The van der Waals surface area contributed by atoms with Crippen LogP contribution in [0.25, 0.3) is 10.8 Å². The molecule has 0 spiro atoms. The van der Waals surface area contributed by atoms with Gasteiger partial charge in [0.15, 0.2) is 0 Å². The Hall–Kier alpha value is -3.08. The van der Waals surface area contributed by atoms with Crippen molar-refractivity contribution in [3.8, 4) is 5.75 Å². The Kier molecular flexibility index (Phi) is 4.44. The number of carbonyl (C=O) groups excluding carboxylic acids is 1. The van der Waals surface area contributed by atoms with Crippen molar-refractivity contribution in [1.29, 1.82) is 0 Å². The molecule has 0 aliphatic carbocycles. The molecule has 0 saturated carbocycles. The van der Waals surface area contributed by atoms with E-state index in [1.807, 2.05) is 24.3 Å². The van der Waals surface area contributed by atoms with E-state index >= 15 is 0 Å². The third-order valence-electron chi connectivity index (χ3n) is 5.14. The Bertz CT molecular complexity index is 1030. The van der Waals surface area contributed by atoms with Crippen LogP contribution in [-0.4, -0.2) is 24.7 Å². The zero-order chi connectivity index (χ0) is 19.0. The minimum absolute atomic E-state index is 0.0604. The molecule has 5 heteroatoms. The second-order valence-electron chi connectivity index (χ2n) is 6.76. The van der Waals surface area contributed by atoms with Gasteiger partial charge in [0, 0.05) is 24.3 Å². The number of fused-ring (bicyclic) bond motifs is 2. The number of benzene rings is 3. The van der Waals surface area contributed by atoms with Crippen LogP contribution in [0.1, 0.15) is 27.9 Å². The number of phenolic OH excluding ortho intramolecular Hbond substituents is 1. The fourth-order valence-corrected chi connectivity index (χ4v) is 3.84. The summed E-state index contributed by atoms with van der Waals surface area (Å²) in [5.74, 6) is -0.869. The Morgan fingerprint density at radius 1 is 1.22 bits per heavy atom. The lowest BCUT2D eigenvalue weighted by Crippen LogP contribution is -2.29. The van der Waals surface area contributed by atoms with E-state index in [0.29, 0.717) is 12.1 Å². The largest absolute Gasteiger partial charge is 0.507 e. The molecule has 27 heavy (non-hydrogen) atoms. The van der Waals surface area contributed by atoms with Crippen LogP contribution in [0.5, 0.6) is 5.75 Å². The SMILES string of the molecule is COC(=O)c1cc2ccccc2c(CN2CCCc3cc(F)ccc32)c1O. The smallest absolute Gasteiger partial charge is 0.341 e. The van der Waals surface area contributed by atoms with Gasteiger partial charge in [-0.05, 0) is 53.4 Å². The van der Waals surface area contributed by atoms with Gasteiger partial charge in [-0.2, -0.15) is 0 Å². The van der Waals surface area contributed by atoms with E-state index in [-0.39, 0.29) is 17.1 Å². The first-order valence-corrected chi connectivity index (χ1v) is 8.93. The van der Waals surface area contributed by atoms with Gasteiger partial charge in [0.05, 0.1) is 7.11 Å². The van der Waals surface area contributed by atoms with Crippen molar-refractivity contribution < 1.29 is 19.0 Å². The number of nitrogens with zero attached hydrogens (tertiary/aromatic N) is 1. The third-order valence-corrected chi connectivity index (χ3v) is 5.14. The molecule has 1 aliphatic rings. The van der Waals surface area contributed by atoms with Gasteiger partial charge in [0.1, 0.15) is 17.1 Å². The molecule has 0 unspecified atom stereocenters. The standard InChI is InChI=1S/C22H20FNO3/c1-27-22(26)18-12-14-5-2-3-7-17(14)19(21(18)25)13-24-10-4-6-15-11-16(23)8-9-20(15)24/h2-3,5,7-9,11-12,25H,4,6,10,13H2,1H3. The van der Waals surface area contributed by atoms with Gasteiger partial charge in [0.2, 0.25) is 0 Å². The van der Waals surface area contributed by atoms with E-state index in [0.717, 1.165) is 41.4 Å². The summed E-state index contributed by atoms with van der Waals surface area (Å²) < 4.78 is 18.4. The maximum Gasteiger partial charge on any atom is 0.341 e. The summed E-state index contributed by atoms with van der Waals surface area (Å²) in [6.45, 7) is 1.23. The number of aromatic hydroxyl groups is 1. The van der Waals surface area contributed by atoms with Gasteiger partial charge in [0.25, 0.3) is 0 Å². The number of phenols is 1. The molecule has 0 saturated heterocycles. The molecule has 0 bridgehead atoms. The van der Waals surface area contributed by atoms with Crippen LogP contribution in [0.3, 0.4) is 0 Å². The van der Waals surface area contributed by atoms with Crippen molar-refractivity contribution in [3.05, 3.63) is 71.0 Å². The lowest BCUT2D eigenvalue weighted by Gasteiger charge is -2.32. The number of carbonyl (C=O) groups is 1. The Labute approximate surface area is 156 Å². The average molecular weight is 365 g/mol. The zero-order valence-corrected chi connectivity index (χ0v) is 15.0. The quantitative estimate of drug-likeness (QED) is 0.698. The normalized spacial score (nSPS) is 13.5. The zero-order valence-electron chi connectivity index (χ0n) is 15.0. The molecule has 4 rings (SSSR count). The van der Waals surface area contributed by atoms with Gasteiger partial charge >= 0.3 is 5.97 Å². The minimum Gasteiger partial charge on any atom is -0.507 e. The summed E-state index contributed by atoms with van der Waals surface area (Å²) in [5, 5.41) is 12.6. The summed E-state index contributed by atoms with van der Waals surface area (Å²) in [6.07, 6.45) is 1.74. The van der Waals surface area contributed by atoms with E-state index in [4.69, 9.17) is 4.74 Å². The number of ether oxygens (including phenoxy) is 1. The van der Waals surface area contributed by atoms with Crippen molar-refractivity contribution in [2.45, 2.75) is 19.4 Å². The maximum absolute atomic E-state index is 13.6. The van der Waals surface area contributed by atoms with Crippen LogP contribution >= 0.6 is 0 Å². The first kappa shape index (κ1) is 17.3. The number of esters is 1. The van der Waals surface area contributed by atoms with Crippen molar-refractivity contribution >= 4 is 22.4 Å². The van der Waals surface area contributed by atoms with Crippen molar-refractivity contribution in [2.75, 3.05) is 18.6 Å². The number of rotatable bonds is 3. The van der Waals surface area contributed by atoms with E-state index in [2.05, 4.69) is 4.90 Å². The number of methoxy groups -OCH3 is 1. The fourth-order valence-electron chi connectivity index (χ4n) is 3.84. The summed E-state index contributed by atoms with van der Waals surface area (Å²) in [7, 11) is 1.30. The second kappa shape index (κ2) is 6.91. The summed E-state index contributed by atoms with van der Waals surface area (Å²) in [5.41, 5.74) is 2.76. The predicted molar refractivity (Wildman–Crippen MR) is 103 cm³/mol. The summed E-state index contributed by atoms with van der Waals surface area (Å²) in [4.78, 5) is 14.2. The summed E-state index contributed by atoms with van der Waals surface area (Å²) in [6, 6.07) is 14.1. The highest BCUT2D eigenvalue weighted by molar-refractivity contribution is 6.00. The van der Waals surface area contributed by atoms with Crippen molar-refractivity contribution in [3.63, 3.8) is 0 Å². The Balaban J connectivity index is 1.83. The number of aryl methyl sites for hydroxylation is 1. The molecule has 0 atom stereocenters. The molecule has 0 aromatic heterocycles. The second-order valence-corrected chi connectivity index (χ2v) is 6.76. The van der Waals surface area contributed by atoms with E-state index in [9.17, 15) is 14.3 Å². The molecule has 0 amide bonds. The lowest BCUT2D eigenvalue weighted by atomic mass is 9.96. The van der Waals surface area contributed by atoms with Crippen molar-refractivity contribution in [1.82, 2.24) is 0 Å². The van der Waals surface area contributed by atoms with Gasteiger partial charge in [-0.15, -0.1) is 0 Å². The topological polar surface area (TPSA) is 49.8 Å². The van der Waals surface area contributed by atoms with E-state index in [1.165, 1.54) is 13.2 Å². The van der Waals surface area contributed by atoms with Crippen LogP contribution in [0.4, 0.5) is 10.1 Å². The molecule has 1 heterocycles. The number of halogens is 1. The average Bonchev–Trinajstić information content (AvgIpc) is 2.69. The molecule has 0 fully saturated rings. The first-order valence-electron chi connectivity index (χ1n) is 8.93. The predicted octanol–water partition coefficient (Wildman–Crippen LogP) is 4.42. The summed E-state index contributed by atoms with van der Waals surface area (Å²) >= 11 is 0. The number of anilines is 1. The number of hydrogen-bond donors (Lipinski definition) is 1. The van der Waals surface area contributed by atoms with Crippen LogP contribution < -0.4 is 4.90 Å². The van der Waals surface area contributed by atoms with Gasteiger partial charge in [-0.1, -0.05) is 24.3 Å². The molecular weight excluding hydrogens is 345 g/mol. The van der Waals surface area contributed by atoms with Gasteiger partial charge in [-0.3, -0.25) is 0 Å². The highest BCUT2D eigenvalue weighted by Gasteiger charge is 2.23. The third kappa shape index (κ3) is 3.10. The first-order chi connectivity index (χ1) is 13.1. The van der Waals surface area contributed by atoms with Crippen LogP contribution in [0.15, 0.2) is 48.5 Å². The highest BCUT2D eigenvalue weighted by atomic mass is 19.1. The monoisotopic (exact) mass is 365 g/mol. The highest BCUT2D eigenvalue weighted by Crippen LogP contribution is 2.36. The minimum atomic E-state index is -0.569. The molecule has 1 aliphatic heterocycles. The van der Waals surface area contributed by atoms with Gasteiger partial charge in [-0.25, -0.2) is 9.18 Å². The Morgan fingerprint density at radius 3 is 2.85 bits per heavy atom. The van der Waals surface area contributed by atoms with Crippen LogP contribution in [-0.2, 0) is 17.7 Å². The molecule has 3 aromatic rings. The number of hydrogen-bond acceptors (Lipinski definition) is 4. The molecule has 138 valence electrons. The maximum atomic E-state index is 13.6. The van der Waals surface area contributed by atoms with Crippen molar-refractivity contribution in [2.24, 2.45) is 0 Å². The molecule has 0 radical (unpaired) electrons. The van der Waals surface area contributed by atoms with Gasteiger partial charge < -0.3 is 14.7 Å². The van der Waals surface area contributed by atoms with Crippen LogP contribution in [0, 0.1) is 5.82 Å². The lowest BCUT2D eigenvalue weighted by molar-refractivity contribution is 0.0597. The molecule has 1 N–H and O–H groups in total. The molecule has 3 aromatic carbocycles. The molecule has 4 nitrogen and oxygen atoms in total. The Morgan fingerprint density at radius 2 is 2.04 bits per heavy atom. The fraction of sp³-hybridized carbons (Fsp3) is 0.227. The molecular formula is C22H20FNO3. The van der Waals surface area contributed by atoms with E-state index in [1.54, 1.807) is 18.2 Å².